The maximum Gasteiger partial charge on any atom is 0.0468 e. The molecule has 0 aromatic carbocycles. The summed E-state index contributed by atoms with van der Waals surface area (Å²) in [5.74, 6) is 2.68. The highest BCUT2D eigenvalue weighted by Gasteiger charge is 2.36. The molecule has 2 rings (SSSR count). The molecule has 2 aliphatic rings. The summed E-state index contributed by atoms with van der Waals surface area (Å²) in [6.07, 6.45) is 9.61. The smallest absolute Gasteiger partial charge is 0.0468 e. The number of hydrogen-bond donors (Lipinski definition) is 0. The Balaban J connectivity index is 1.83. The SMILES string of the molecule is CC(CC(C)(C)C1CCC(N(C)C)CC1)C1CCOCC1. The predicted molar refractivity (Wildman–Crippen MR) is 90.5 cm³/mol. The predicted octanol–water partition coefficient (Wildman–Crippen LogP) is 4.59. The third-order valence-electron chi connectivity index (χ3n) is 6.45. The van der Waals surface area contributed by atoms with Gasteiger partial charge < -0.3 is 9.64 Å². The summed E-state index contributed by atoms with van der Waals surface area (Å²) in [7, 11) is 4.48. The van der Waals surface area contributed by atoms with Crippen LogP contribution in [0.4, 0.5) is 0 Å². The molecule has 0 bridgehead atoms. The zero-order valence-corrected chi connectivity index (χ0v) is 15.0. The quantitative estimate of drug-likeness (QED) is 0.736. The highest BCUT2D eigenvalue weighted by Crippen LogP contribution is 2.44. The van der Waals surface area contributed by atoms with E-state index in [4.69, 9.17) is 4.74 Å². The zero-order chi connectivity index (χ0) is 15.5. The first-order valence-corrected chi connectivity index (χ1v) is 9.14. The van der Waals surface area contributed by atoms with Gasteiger partial charge in [-0.15, -0.1) is 0 Å². The second kappa shape index (κ2) is 7.46. The van der Waals surface area contributed by atoms with Crippen molar-refractivity contribution in [1.29, 1.82) is 0 Å². The first-order chi connectivity index (χ1) is 9.90. The minimum absolute atomic E-state index is 0.509. The Kier molecular flexibility index (Phi) is 6.14. The molecule has 21 heavy (non-hydrogen) atoms. The highest BCUT2D eigenvalue weighted by molar-refractivity contribution is 4.87. The first-order valence-electron chi connectivity index (χ1n) is 9.14. The van der Waals surface area contributed by atoms with Crippen molar-refractivity contribution in [3.63, 3.8) is 0 Å². The summed E-state index contributed by atoms with van der Waals surface area (Å²) in [5.41, 5.74) is 0.509. The second-order valence-electron chi connectivity index (χ2n) is 8.59. The molecule has 2 nitrogen and oxygen atoms in total. The third kappa shape index (κ3) is 4.69. The van der Waals surface area contributed by atoms with E-state index in [0.717, 1.165) is 37.0 Å². The Hall–Kier alpha value is -0.0800. The molecule has 124 valence electrons. The molecule has 2 fully saturated rings. The average Bonchev–Trinajstić information content (AvgIpc) is 2.48. The van der Waals surface area contributed by atoms with Crippen molar-refractivity contribution in [3.05, 3.63) is 0 Å². The van der Waals surface area contributed by atoms with Crippen LogP contribution in [0.3, 0.4) is 0 Å². The van der Waals surface area contributed by atoms with E-state index in [9.17, 15) is 0 Å². The van der Waals surface area contributed by atoms with Gasteiger partial charge in [0.1, 0.15) is 0 Å². The lowest BCUT2D eigenvalue weighted by atomic mass is 9.65. The molecule has 0 aromatic heterocycles. The van der Waals surface area contributed by atoms with Gasteiger partial charge in [-0.1, -0.05) is 20.8 Å². The molecule has 1 atom stereocenters. The normalized spacial score (nSPS) is 30.6. The van der Waals surface area contributed by atoms with Gasteiger partial charge in [0.05, 0.1) is 0 Å². The molecule has 0 amide bonds. The molecular formula is C19H37NO. The summed E-state index contributed by atoms with van der Waals surface area (Å²) in [5, 5.41) is 0. The lowest BCUT2D eigenvalue weighted by molar-refractivity contribution is 0.0281. The van der Waals surface area contributed by atoms with Crippen LogP contribution in [-0.4, -0.2) is 38.3 Å². The van der Waals surface area contributed by atoms with E-state index in [2.05, 4.69) is 39.8 Å². The highest BCUT2D eigenvalue weighted by atomic mass is 16.5. The fourth-order valence-corrected chi connectivity index (χ4v) is 4.82. The van der Waals surface area contributed by atoms with Gasteiger partial charge in [0.15, 0.2) is 0 Å². The first kappa shape index (κ1) is 17.3. The Bertz CT molecular complexity index is 299. The molecule has 1 aliphatic carbocycles. The van der Waals surface area contributed by atoms with Crippen LogP contribution in [0.15, 0.2) is 0 Å². The molecule has 0 aromatic rings. The topological polar surface area (TPSA) is 12.5 Å². The minimum atomic E-state index is 0.509. The zero-order valence-electron chi connectivity index (χ0n) is 15.0. The van der Waals surface area contributed by atoms with Gasteiger partial charge in [-0.05, 0) is 82.2 Å². The van der Waals surface area contributed by atoms with Crippen molar-refractivity contribution in [3.8, 4) is 0 Å². The van der Waals surface area contributed by atoms with Gasteiger partial charge in [0, 0.05) is 19.3 Å². The van der Waals surface area contributed by atoms with Crippen LogP contribution in [0.25, 0.3) is 0 Å². The number of nitrogens with zero attached hydrogens (tertiary/aromatic N) is 1. The Morgan fingerprint density at radius 3 is 2.10 bits per heavy atom. The monoisotopic (exact) mass is 295 g/mol. The van der Waals surface area contributed by atoms with Crippen LogP contribution in [0, 0.1) is 23.2 Å². The molecule has 0 N–H and O–H groups in total. The number of rotatable bonds is 5. The summed E-state index contributed by atoms with van der Waals surface area (Å²) in [4.78, 5) is 2.42. The Morgan fingerprint density at radius 1 is 1.00 bits per heavy atom. The average molecular weight is 296 g/mol. The van der Waals surface area contributed by atoms with Gasteiger partial charge >= 0.3 is 0 Å². The lowest BCUT2D eigenvalue weighted by Gasteiger charge is -2.43. The van der Waals surface area contributed by atoms with E-state index in [1.165, 1.54) is 44.9 Å². The summed E-state index contributed by atoms with van der Waals surface area (Å²) >= 11 is 0. The van der Waals surface area contributed by atoms with E-state index in [1.54, 1.807) is 0 Å². The van der Waals surface area contributed by atoms with Gasteiger partial charge in [-0.2, -0.15) is 0 Å². The van der Waals surface area contributed by atoms with Crippen LogP contribution < -0.4 is 0 Å². The molecule has 0 spiro atoms. The van der Waals surface area contributed by atoms with Crippen LogP contribution in [-0.2, 0) is 4.74 Å². The summed E-state index contributed by atoms with van der Waals surface area (Å²) in [6, 6.07) is 0.824. The van der Waals surface area contributed by atoms with Crippen LogP contribution >= 0.6 is 0 Å². The van der Waals surface area contributed by atoms with Gasteiger partial charge in [0.25, 0.3) is 0 Å². The third-order valence-corrected chi connectivity index (χ3v) is 6.45. The summed E-state index contributed by atoms with van der Waals surface area (Å²) < 4.78 is 5.53. The van der Waals surface area contributed by atoms with Gasteiger partial charge in [-0.25, -0.2) is 0 Å². The minimum Gasteiger partial charge on any atom is -0.381 e. The molecule has 1 saturated carbocycles. The second-order valence-corrected chi connectivity index (χ2v) is 8.59. The van der Waals surface area contributed by atoms with E-state index >= 15 is 0 Å². The van der Waals surface area contributed by atoms with Gasteiger partial charge in [0.2, 0.25) is 0 Å². The van der Waals surface area contributed by atoms with Gasteiger partial charge in [-0.3, -0.25) is 0 Å². The standard InChI is InChI=1S/C19H37NO/c1-15(16-10-12-21-13-11-16)14-19(2,3)17-6-8-18(9-7-17)20(4)5/h15-18H,6-14H2,1-5H3. The lowest BCUT2D eigenvalue weighted by Crippen LogP contribution is -2.37. The Morgan fingerprint density at radius 2 is 1.57 bits per heavy atom. The molecule has 2 heteroatoms. The fourth-order valence-electron chi connectivity index (χ4n) is 4.82. The van der Waals surface area contributed by atoms with Crippen LogP contribution in [0.2, 0.25) is 0 Å². The van der Waals surface area contributed by atoms with E-state index in [0.29, 0.717) is 5.41 Å². The number of hydrogen-bond acceptors (Lipinski definition) is 2. The fraction of sp³-hybridized carbons (Fsp3) is 1.00. The van der Waals surface area contributed by atoms with Crippen molar-refractivity contribution in [2.24, 2.45) is 23.2 Å². The van der Waals surface area contributed by atoms with Crippen molar-refractivity contribution < 1.29 is 4.74 Å². The maximum atomic E-state index is 5.53. The molecule has 1 saturated heterocycles. The Labute approximate surface area is 132 Å². The molecular weight excluding hydrogens is 258 g/mol. The summed E-state index contributed by atoms with van der Waals surface area (Å²) in [6.45, 7) is 9.53. The van der Waals surface area contributed by atoms with E-state index < -0.39 is 0 Å². The largest absolute Gasteiger partial charge is 0.381 e. The van der Waals surface area contributed by atoms with Crippen molar-refractivity contribution in [2.45, 2.75) is 71.8 Å². The van der Waals surface area contributed by atoms with Crippen molar-refractivity contribution >= 4 is 0 Å². The molecule has 1 aliphatic heterocycles. The van der Waals surface area contributed by atoms with Crippen LogP contribution in [0.1, 0.15) is 65.7 Å². The number of ether oxygens (including phenoxy) is 1. The molecule has 1 unspecified atom stereocenters. The van der Waals surface area contributed by atoms with Crippen LogP contribution in [0.5, 0.6) is 0 Å². The van der Waals surface area contributed by atoms with Crippen molar-refractivity contribution in [2.75, 3.05) is 27.3 Å². The molecule has 0 radical (unpaired) electrons. The maximum absolute atomic E-state index is 5.53. The van der Waals surface area contributed by atoms with E-state index in [1.807, 2.05) is 0 Å². The van der Waals surface area contributed by atoms with Crippen molar-refractivity contribution in [1.82, 2.24) is 4.90 Å². The van der Waals surface area contributed by atoms with E-state index in [-0.39, 0.29) is 0 Å². The molecule has 1 heterocycles.